The van der Waals surface area contributed by atoms with E-state index in [1.807, 2.05) is 23.1 Å². The number of fused-ring (bicyclic) bond motifs is 1. The Morgan fingerprint density at radius 1 is 1.04 bits per heavy atom. The molecule has 0 aliphatic carbocycles. The zero-order valence-electron chi connectivity index (χ0n) is 14.8. The molecule has 3 amide bonds. The highest BCUT2D eigenvalue weighted by atomic mass is 16.2. The van der Waals surface area contributed by atoms with Gasteiger partial charge in [-0.05, 0) is 31.0 Å². The van der Waals surface area contributed by atoms with Crippen LogP contribution in [0.5, 0.6) is 0 Å². The van der Waals surface area contributed by atoms with Gasteiger partial charge in [0.25, 0.3) is 0 Å². The van der Waals surface area contributed by atoms with Crippen LogP contribution in [0.25, 0.3) is 10.9 Å². The van der Waals surface area contributed by atoms with E-state index in [4.69, 9.17) is 0 Å². The Balaban J connectivity index is 1.27. The highest BCUT2D eigenvalue weighted by Crippen LogP contribution is 2.17. The van der Waals surface area contributed by atoms with Gasteiger partial charge in [-0.25, -0.2) is 4.79 Å². The summed E-state index contributed by atoms with van der Waals surface area (Å²) in [4.78, 5) is 30.6. The summed E-state index contributed by atoms with van der Waals surface area (Å²) in [6, 6.07) is 5.57. The Bertz CT molecular complexity index is 790. The van der Waals surface area contributed by atoms with Crippen LogP contribution < -0.4 is 5.32 Å². The maximum Gasteiger partial charge on any atom is 0.321 e. The summed E-state index contributed by atoms with van der Waals surface area (Å²) >= 11 is 0. The molecule has 0 spiro atoms. The van der Waals surface area contributed by atoms with E-state index >= 15 is 0 Å². The average molecular weight is 356 g/mol. The topological polar surface area (TPSA) is 84.6 Å². The van der Waals surface area contributed by atoms with Crippen molar-refractivity contribution in [2.75, 3.05) is 51.1 Å². The Morgan fingerprint density at radius 3 is 2.58 bits per heavy atom. The normalized spacial score (nSPS) is 18.5. The highest BCUT2D eigenvalue weighted by molar-refractivity contribution is 5.92. The number of hydrogen-bond donors (Lipinski definition) is 2. The summed E-state index contributed by atoms with van der Waals surface area (Å²) in [5, 5.41) is 10.8. The standard InChI is InChI=1S/C18H24N6O2/c25-17(23-5-1-2-6-23)13-22-7-9-24(10-8-22)18(26)20-15-3-4-16-14(11-15)12-19-21-16/h3-4,11-12H,1-2,5-10,13H2,(H,19,21)(H,20,26). The number of urea groups is 1. The van der Waals surface area contributed by atoms with Gasteiger partial charge in [0.15, 0.2) is 0 Å². The van der Waals surface area contributed by atoms with E-state index in [9.17, 15) is 9.59 Å². The number of rotatable bonds is 3. The Labute approximate surface area is 152 Å². The zero-order chi connectivity index (χ0) is 17.9. The van der Waals surface area contributed by atoms with Crippen molar-refractivity contribution < 1.29 is 9.59 Å². The summed E-state index contributed by atoms with van der Waals surface area (Å²) in [5.41, 5.74) is 1.70. The van der Waals surface area contributed by atoms with E-state index in [1.54, 1.807) is 11.1 Å². The summed E-state index contributed by atoms with van der Waals surface area (Å²) in [5.74, 6) is 0.216. The van der Waals surface area contributed by atoms with Crippen LogP contribution in [0.2, 0.25) is 0 Å². The molecule has 8 nitrogen and oxygen atoms in total. The minimum absolute atomic E-state index is 0.0987. The van der Waals surface area contributed by atoms with Crippen molar-refractivity contribution in [2.24, 2.45) is 0 Å². The summed E-state index contributed by atoms with van der Waals surface area (Å²) < 4.78 is 0. The largest absolute Gasteiger partial charge is 0.342 e. The van der Waals surface area contributed by atoms with Gasteiger partial charge >= 0.3 is 6.03 Å². The predicted molar refractivity (Wildman–Crippen MR) is 98.9 cm³/mol. The number of aromatic amines is 1. The fourth-order valence-electron chi connectivity index (χ4n) is 3.59. The Morgan fingerprint density at radius 2 is 1.81 bits per heavy atom. The average Bonchev–Trinajstić information content (AvgIpc) is 3.33. The number of carbonyl (C=O) groups is 2. The Kier molecular flexibility index (Phi) is 4.75. The van der Waals surface area contributed by atoms with E-state index in [0.29, 0.717) is 19.6 Å². The number of piperazine rings is 1. The molecule has 0 radical (unpaired) electrons. The van der Waals surface area contributed by atoms with Gasteiger partial charge in [-0.1, -0.05) is 0 Å². The van der Waals surface area contributed by atoms with Crippen molar-refractivity contribution in [1.82, 2.24) is 24.9 Å². The molecule has 3 heterocycles. The molecular weight excluding hydrogens is 332 g/mol. The second-order valence-electron chi connectivity index (χ2n) is 6.95. The summed E-state index contributed by atoms with van der Waals surface area (Å²) in [7, 11) is 0. The number of nitrogens with zero attached hydrogens (tertiary/aromatic N) is 4. The fourth-order valence-corrected chi connectivity index (χ4v) is 3.59. The van der Waals surface area contributed by atoms with Crippen molar-refractivity contribution in [3.63, 3.8) is 0 Å². The smallest absolute Gasteiger partial charge is 0.321 e. The Hall–Kier alpha value is -2.61. The van der Waals surface area contributed by atoms with Gasteiger partial charge in [-0.2, -0.15) is 5.10 Å². The summed E-state index contributed by atoms with van der Waals surface area (Å²) in [6.45, 7) is 4.97. The molecule has 4 rings (SSSR count). The van der Waals surface area contributed by atoms with Crippen LogP contribution in [-0.2, 0) is 4.79 Å². The molecule has 1 aromatic carbocycles. The van der Waals surface area contributed by atoms with E-state index in [1.165, 1.54) is 0 Å². The van der Waals surface area contributed by atoms with Crippen LogP contribution in [0.4, 0.5) is 10.5 Å². The second-order valence-corrected chi connectivity index (χ2v) is 6.95. The molecule has 2 aliphatic rings. The molecule has 26 heavy (non-hydrogen) atoms. The molecular formula is C18H24N6O2. The van der Waals surface area contributed by atoms with Gasteiger partial charge in [-0.15, -0.1) is 0 Å². The van der Waals surface area contributed by atoms with Crippen LogP contribution >= 0.6 is 0 Å². The van der Waals surface area contributed by atoms with Gasteiger partial charge < -0.3 is 15.1 Å². The van der Waals surface area contributed by atoms with Crippen molar-refractivity contribution in [3.05, 3.63) is 24.4 Å². The molecule has 1 aromatic heterocycles. The molecule has 0 unspecified atom stereocenters. The van der Waals surface area contributed by atoms with Gasteiger partial charge in [0.2, 0.25) is 5.91 Å². The quantitative estimate of drug-likeness (QED) is 0.869. The van der Waals surface area contributed by atoms with Gasteiger partial charge in [-0.3, -0.25) is 14.8 Å². The predicted octanol–water partition coefficient (Wildman–Crippen LogP) is 1.33. The molecule has 0 atom stereocenters. The van der Waals surface area contributed by atoms with Gasteiger partial charge in [0.05, 0.1) is 18.3 Å². The number of carbonyl (C=O) groups excluding carboxylic acids is 2. The van der Waals surface area contributed by atoms with E-state index in [-0.39, 0.29) is 11.9 Å². The number of nitrogens with one attached hydrogen (secondary N) is 2. The lowest BCUT2D eigenvalue weighted by Gasteiger charge is -2.35. The first-order valence-corrected chi connectivity index (χ1v) is 9.18. The number of amides is 3. The number of anilines is 1. The molecule has 2 aliphatic heterocycles. The third-order valence-corrected chi connectivity index (χ3v) is 5.17. The first-order valence-electron chi connectivity index (χ1n) is 9.18. The molecule has 2 N–H and O–H groups in total. The van der Waals surface area contributed by atoms with E-state index in [2.05, 4.69) is 20.4 Å². The number of hydrogen-bond acceptors (Lipinski definition) is 4. The molecule has 138 valence electrons. The number of benzene rings is 1. The van der Waals surface area contributed by atoms with Crippen LogP contribution in [0, 0.1) is 0 Å². The van der Waals surface area contributed by atoms with Crippen molar-refractivity contribution >= 4 is 28.5 Å². The van der Waals surface area contributed by atoms with E-state index < -0.39 is 0 Å². The van der Waals surface area contributed by atoms with Crippen molar-refractivity contribution in [1.29, 1.82) is 0 Å². The molecule has 8 heteroatoms. The van der Waals surface area contributed by atoms with Gasteiger partial charge in [0.1, 0.15) is 0 Å². The van der Waals surface area contributed by atoms with Crippen LogP contribution in [0.15, 0.2) is 24.4 Å². The number of H-pyrrole nitrogens is 1. The van der Waals surface area contributed by atoms with Crippen LogP contribution in [-0.4, -0.2) is 82.6 Å². The monoisotopic (exact) mass is 356 g/mol. The van der Waals surface area contributed by atoms with Crippen LogP contribution in [0.1, 0.15) is 12.8 Å². The van der Waals surface area contributed by atoms with E-state index in [0.717, 1.165) is 55.6 Å². The lowest BCUT2D eigenvalue weighted by atomic mass is 10.2. The summed E-state index contributed by atoms with van der Waals surface area (Å²) in [6.07, 6.45) is 3.97. The maximum absolute atomic E-state index is 12.5. The SMILES string of the molecule is O=C(CN1CCN(C(=O)Nc2ccc3[nH]ncc3c2)CC1)N1CCCC1. The first-order chi connectivity index (χ1) is 12.7. The maximum atomic E-state index is 12.5. The minimum Gasteiger partial charge on any atom is -0.342 e. The molecule has 0 bridgehead atoms. The lowest BCUT2D eigenvalue weighted by molar-refractivity contribution is -0.131. The molecule has 2 saturated heterocycles. The molecule has 0 saturated carbocycles. The van der Waals surface area contributed by atoms with Crippen molar-refractivity contribution in [3.8, 4) is 0 Å². The molecule has 2 fully saturated rings. The zero-order valence-corrected chi connectivity index (χ0v) is 14.8. The molecule has 2 aromatic rings. The highest BCUT2D eigenvalue weighted by Gasteiger charge is 2.25. The third-order valence-electron chi connectivity index (χ3n) is 5.17. The lowest BCUT2D eigenvalue weighted by Crippen LogP contribution is -2.52. The third kappa shape index (κ3) is 3.65. The van der Waals surface area contributed by atoms with Crippen molar-refractivity contribution in [2.45, 2.75) is 12.8 Å². The minimum atomic E-state index is -0.0987. The fraction of sp³-hybridized carbons (Fsp3) is 0.500. The van der Waals surface area contributed by atoms with Gasteiger partial charge in [0, 0.05) is 50.3 Å². The number of aromatic nitrogens is 2. The number of likely N-dealkylation sites (tertiary alicyclic amines) is 1. The first kappa shape index (κ1) is 16.8. The second kappa shape index (κ2) is 7.33. The van der Waals surface area contributed by atoms with Crippen LogP contribution in [0.3, 0.4) is 0 Å².